The van der Waals surface area contributed by atoms with Crippen LogP contribution in [0.3, 0.4) is 0 Å². The van der Waals surface area contributed by atoms with Crippen molar-refractivity contribution >= 4 is 23.2 Å². The maximum Gasteiger partial charge on any atom is 0.270 e. The Labute approximate surface area is 216 Å². The molecule has 0 radical (unpaired) electrons. The molecular weight excluding hydrogens is 478 g/mol. The normalized spacial score (nSPS) is 10.7. The standard InChI is InChI=1S/C27H33N3O5S/c1-17(2)22-8-7-18(3)11-24(22)35-15-25-30-23(16-36-25)27(32)29-10-6-9-28-26(31)19-12-20(33-4)14-21(13-19)34-5/h7-8,11-14,16-17H,6,9-10,15H2,1-5H3,(H,28,31)(H,29,32). The van der Waals surface area contributed by atoms with Gasteiger partial charge in [-0.25, -0.2) is 4.98 Å². The molecule has 0 unspecified atom stereocenters. The number of hydrogen-bond donors (Lipinski definition) is 2. The van der Waals surface area contributed by atoms with E-state index < -0.39 is 0 Å². The maximum absolute atomic E-state index is 12.5. The summed E-state index contributed by atoms with van der Waals surface area (Å²) in [6, 6.07) is 11.2. The summed E-state index contributed by atoms with van der Waals surface area (Å²) in [6.07, 6.45) is 0.573. The summed E-state index contributed by atoms with van der Waals surface area (Å²) in [5.41, 5.74) is 3.08. The fraction of sp³-hybridized carbons (Fsp3) is 0.370. The molecule has 0 saturated carbocycles. The Balaban J connectivity index is 1.43. The number of thiazole rings is 1. The van der Waals surface area contributed by atoms with Gasteiger partial charge in [-0.1, -0.05) is 26.0 Å². The number of ether oxygens (including phenoxy) is 3. The van der Waals surface area contributed by atoms with Gasteiger partial charge in [0.2, 0.25) is 0 Å². The molecule has 2 amide bonds. The highest BCUT2D eigenvalue weighted by Gasteiger charge is 2.13. The largest absolute Gasteiger partial charge is 0.497 e. The second kappa shape index (κ2) is 12.9. The minimum absolute atomic E-state index is 0.239. The molecule has 0 bridgehead atoms. The van der Waals surface area contributed by atoms with Crippen LogP contribution in [-0.4, -0.2) is 44.1 Å². The van der Waals surface area contributed by atoms with E-state index in [-0.39, 0.29) is 11.8 Å². The maximum atomic E-state index is 12.5. The zero-order valence-electron chi connectivity index (χ0n) is 21.3. The van der Waals surface area contributed by atoms with Crippen molar-refractivity contribution in [2.24, 2.45) is 0 Å². The molecule has 0 atom stereocenters. The highest BCUT2D eigenvalue weighted by atomic mass is 32.1. The Hall–Kier alpha value is -3.59. The van der Waals surface area contributed by atoms with E-state index in [1.807, 2.05) is 13.0 Å². The topological polar surface area (TPSA) is 98.8 Å². The van der Waals surface area contributed by atoms with E-state index in [2.05, 4.69) is 41.6 Å². The van der Waals surface area contributed by atoms with Gasteiger partial charge in [-0.05, 0) is 48.6 Å². The van der Waals surface area contributed by atoms with Crippen LogP contribution in [0, 0.1) is 6.92 Å². The first-order valence-electron chi connectivity index (χ1n) is 11.8. The van der Waals surface area contributed by atoms with E-state index in [0.717, 1.165) is 21.9 Å². The zero-order valence-corrected chi connectivity index (χ0v) is 22.2. The number of methoxy groups -OCH3 is 2. The van der Waals surface area contributed by atoms with Crippen molar-refractivity contribution in [2.75, 3.05) is 27.3 Å². The number of benzene rings is 2. The lowest BCUT2D eigenvalue weighted by molar-refractivity contribution is 0.0948. The highest BCUT2D eigenvalue weighted by Crippen LogP contribution is 2.28. The molecule has 0 spiro atoms. The van der Waals surface area contributed by atoms with Crippen molar-refractivity contribution in [3.05, 3.63) is 69.2 Å². The second-order valence-electron chi connectivity index (χ2n) is 8.58. The molecule has 0 aliphatic heterocycles. The van der Waals surface area contributed by atoms with Crippen LogP contribution in [0.1, 0.15) is 63.2 Å². The Morgan fingerprint density at radius 3 is 2.28 bits per heavy atom. The summed E-state index contributed by atoms with van der Waals surface area (Å²) < 4.78 is 16.4. The van der Waals surface area contributed by atoms with Crippen LogP contribution < -0.4 is 24.8 Å². The molecule has 0 aliphatic rings. The van der Waals surface area contributed by atoms with E-state index in [0.29, 0.717) is 54.8 Å². The number of hydrogen-bond acceptors (Lipinski definition) is 7. The predicted molar refractivity (Wildman–Crippen MR) is 141 cm³/mol. The quantitative estimate of drug-likeness (QED) is 0.342. The van der Waals surface area contributed by atoms with Gasteiger partial charge in [0, 0.05) is 30.1 Å². The van der Waals surface area contributed by atoms with Crippen LogP contribution in [0.15, 0.2) is 41.8 Å². The number of carbonyl (C=O) groups is 2. The number of rotatable bonds is 12. The third-order valence-electron chi connectivity index (χ3n) is 5.46. The monoisotopic (exact) mass is 511 g/mol. The van der Waals surface area contributed by atoms with E-state index in [1.54, 1.807) is 23.6 Å². The second-order valence-corrected chi connectivity index (χ2v) is 9.52. The first-order chi connectivity index (χ1) is 17.3. The minimum Gasteiger partial charge on any atom is -0.497 e. The van der Waals surface area contributed by atoms with Crippen molar-refractivity contribution in [3.8, 4) is 17.2 Å². The highest BCUT2D eigenvalue weighted by molar-refractivity contribution is 7.09. The molecule has 1 heterocycles. The summed E-state index contributed by atoms with van der Waals surface area (Å²) in [7, 11) is 3.06. The molecule has 3 rings (SSSR count). The van der Waals surface area contributed by atoms with E-state index in [9.17, 15) is 9.59 Å². The van der Waals surface area contributed by atoms with Crippen molar-refractivity contribution in [1.82, 2.24) is 15.6 Å². The van der Waals surface area contributed by atoms with Gasteiger partial charge in [-0.3, -0.25) is 9.59 Å². The van der Waals surface area contributed by atoms with Crippen LogP contribution in [-0.2, 0) is 6.61 Å². The van der Waals surface area contributed by atoms with Crippen LogP contribution in [0.5, 0.6) is 17.2 Å². The number of amides is 2. The molecule has 3 aromatic rings. The lowest BCUT2D eigenvalue weighted by atomic mass is 10.0. The summed E-state index contributed by atoms with van der Waals surface area (Å²) in [5.74, 6) is 1.79. The van der Waals surface area contributed by atoms with Gasteiger partial charge >= 0.3 is 0 Å². The Kier molecular flexibility index (Phi) is 9.69. The Morgan fingerprint density at radius 1 is 0.972 bits per heavy atom. The molecule has 9 heteroatoms. The number of aromatic nitrogens is 1. The number of nitrogens with one attached hydrogen (secondary N) is 2. The molecule has 192 valence electrons. The fourth-order valence-corrected chi connectivity index (χ4v) is 4.17. The summed E-state index contributed by atoms with van der Waals surface area (Å²) in [5, 5.41) is 8.14. The molecule has 0 aliphatic carbocycles. The summed E-state index contributed by atoms with van der Waals surface area (Å²) in [6.45, 7) is 7.41. The fourth-order valence-electron chi connectivity index (χ4n) is 3.49. The Bertz CT molecular complexity index is 1170. The van der Waals surface area contributed by atoms with Gasteiger partial charge in [0.15, 0.2) is 0 Å². The molecule has 8 nitrogen and oxygen atoms in total. The van der Waals surface area contributed by atoms with Gasteiger partial charge in [0.25, 0.3) is 11.8 Å². The summed E-state index contributed by atoms with van der Waals surface area (Å²) >= 11 is 1.39. The van der Waals surface area contributed by atoms with Gasteiger partial charge in [-0.15, -0.1) is 11.3 Å². The molecule has 2 N–H and O–H groups in total. The van der Waals surface area contributed by atoms with Crippen LogP contribution in [0.4, 0.5) is 0 Å². The lowest BCUT2D eigenvalue weighted by Crippen LogP contribution is -2.30. The molecule has 36 heavy (non-hydrogen) atoms. The number of aryl methyl sites for hydroxylation is 1. The smallest absolute Gasteiger partial charge is 0.270 e. The average molecular weight is 512 g/mol. The van der Waals surface area contributed by atoms with E-state index >= 15 is 0 Å². The number of carbonyl (C=O) groups excluding carboxylic acids is 2. The lowest BCUT2D eigenvalue weighted by Gasteiger charge is -2.14. The van der Waals surface area contributed by atoms with E-state index in [4.69, 9.17) is 14.2 Å². The van der Waals surface area contributed by atoms with Crippen molar-refractivity contribution < 1.29 is 23.8 Å². The molecule has 1 aromatic heterocycles. The third kappa shape index (κ3) is 7.45. The predicted octanol–water partition coefficient (Wildman–Crippen LogP) is 4.72. The molecule has 0 fully saturated rings. The minimum atomic E-state index is -0.250. The van der Waals surface area contributed by atoms with Gasteiger partial charge in [0.1, 0.15) is 34.6 Å². The molecular formula is C27H33N3O5S. The molecule has 0 saturated heterocycles. The van der Waals surface area contributed by atoms with E-state index in [1.165, 1.54) is 25.6 Å². The van der Waals surface area contributed by atoms with Gasteiger partial charge in [-0.2, -0.15) is 0 Å². The molecule has 2 aromatic carbocycles. The first-order valence-corrected chi connectivity index (χ1v) is 12.7. The third-order valence-corrected chi connectivity index (χ3v) is 6.29. The van der Waals surface area contributed by atoms with Gasteiger partial charge < -0.3 is 24.8 Å². The zero-order chi connectivity index (χ0) is 26.1. The SMILES string of the molecule is COc1cc(OC)cc(C(=O)NCCCNC(=O)c2csc(COc3cc(C)ccc3C(C)C)n2)c1. The van der Waals surface area contributed by atoms with Crippen molar-refractivity contribution in [2.45, 2.75) is 39.7 Å². The van der Waals surface area contributed by atoms with Crippen molar-refractivity contribution in [3.63, 3.8) is 0 Å². The van der Waals surface area contributed by atoms with Crippen molar-refractivity contribution in [1.29, 1.82) is 0 Å². The van der Waals surface area contributed by atoms with Crippen LogP contribution >= 0.6 is 11.3 Å². The van der Waals surface area contributed by atoms with Crippen LogP contribution in [0.25, 0.3) is 0 Å². The first kappa shape index (κ1) is 27.0. The van der Waals surface area contributed by atoms with Crippen LogP contribution in [0.2, 0.25) is 0 Å². The van der Waals surface area contributed by atoms with Gasteiger partial charge in [0.05, 0.1) is 14.2 Å². The Morgan fingerprint density at radius 2 is 1.64 bits per heavy atom. The number of nitrogens with zero attached hydrogens (tertiary/aromatic N) is 1. The summed E-state index contributed by atoms with van der Waals surface area (Å²) in [4.78, 5) is 29.3. The average Bonchev–Trinajstić information content (AvgIpc) is 3.35.